The Balaban J connectivity index is 2.76. The number of hydrogen-bond donors (Lipinski definition) is 1. The molecular formula is C16H27NO. The van der Waals surface area contributed by atoms with Crippen LogP contribution in [-0.2, 0) is 12.0 Å². The molecule has 18 heavy (non-hydrogen) atoms. The average Bonchev–Trinajstić information content (AvgIpc) is 2.28. The first-order valence-electron chi connectivity index (χ1n) is 6.58. The van der Waals surface area contributed by atoms with E-state index in [1.807, 2.05) is 7.05 Å². The van der Waals surface area contributed by atoms with Crippen molar-refractivity contribution in [3.63, 3.8) is 0 Å². The fourth-order valence-electron chi connectivity index (χ4n) is 1.72. The lowest BCUT2D eigenvalue weighted by Gasteiger charge is -2.34. The number of likely N-dealkylation sites (N-methyl/N-ethyl adjacent to an activating group) is 1. The molecule has 0 saturated heterocycles. The van der Waals surface area contributed by atoms with Gasteiger partial charge in [0.15, 0.2) is 0 Å². The van der Waals surface area contributed by atoms with Gasteiger partial charge in [0.25, 0.3) is 0 Å². The Bertz CT molecular complexity index is 373. The van der Waals surface area contributed by atoms with Crippen molar-refractivity contribution in [1.82, 2.24) is 4.90 Å². The third kappa shape index (κ3) is 3.82. The van der Waals surface area contributed by atoms with Gasteiger partial charge in [0.2, 0.25) is 0 Å². The van der Waals surface area contributed by atoms with Gasteiger partial charge in [-0.1, -0.05) is 45.0 Å². The molecule has 1 rings (SSSR count). The van der Waals surface area contributed by atoms with E-state index in [-0.39, 0.29) is 17.6 Å². The summed E-state index contributed by atoms with van der Waals surface area (Å²) in [6.45, 7) is 11.8. The Morgan fingerprint density at radius 3 is 1.89 bits per heavy atom. The van der Waals surface area contributed by atoms with Crippen molar-refractivity contribution in [3.8, 4) is 0 Å². The summed E-state index contributed by atoms with van der Waals surface area (Å²) in [6.07, 6.45) is 0. The Hall–Kier alpha value is -0.860. The van der Waals surface area contributed by atoms with E-state index in [0.29, 0.717) is 0 Å². The molecule has 1 aromatic rings. The van der Waals surface area contributed by atoms with Crippen LogP contribution >= 0.6 is 0 Å². The molecule has 1 N–H and O–H groups in total. The van der Waals surface area contributed by atoms with Gasteiger partial charge < -0.3 is 5.11 Å². The minimum atomic E-state index is -0.178. The van der Waals surface area contributed by atoms with E-state index in [0.717, 1.165) is 6.54 Å². The van der Waals surface area contributed by atoms with Crippen LogP contribution in [0.1, 0.15) is 45.7 Å². The van der Waals surface area contributed by atoms with E-state index in [1.165, 1.54) is 11.1 Å². The summed E-state index contributed by atoms with van der Waals surface area (Å²) in [6, 6.07) is 8.78. The SMILES string of the molecule is CN(Cc1ccc(C(C)(C)C)cc1)C(C)(C)CO. The molecule has 2 nitrogen and oxygen atoms in total. The zero-order chi connectivity index (χ0) is 14.0. The van der Waals surface area contributed by atoms with Gasteiger partial charge in [-0.25, -0.2) is 0 Å². The predicted molar refractivity (Wildman–Crippen MR) is 77.8 cm³/mol. The second-order valence-electron chi connectivity index (χ2n) is 6.77. The standard InChI is InChI=1S/C16H27NO/c1-15(2,3)14-9-7-13(8-10-14)11-17(6)16(4,5)12-18/h7-10,18H,11-12H2,1-6H3. The third-order valence-electron chi connectivity index (χ3n) is 3.66. The van der Waals surface area contributed by atoms with Crippen LogP contribution in [-0.4, -0.2) is 29.2 Å². The molecular weight excluding hydrogens is 222 g/mol. The largest absolute Gasteiger partial charge is 0.394 e. The predicted octanol–water partition coefficient (Wildman–Crippen LogP) is 3.19. The number of aliphatic hydroxyl groups excluding tert-OH is 1. The fraction of sp³-hybridized carbons (Fsp3) is 0.625. The maximum atomic E-state index is 9.35. The molecule has 0 atom stereocenters. The van der Waals surface area contributed by atoms with Gasteiger partial charge in [-0.2, -0.15) is 0 Å². The number of hydrogen-bond acceptors (Lipinski definition) is 2. The molecule has 0 aliphatic rings. The third-order valence-corrected chi connectivity index (χ3v) is 3.66. The average molecular weight is 249 g/mol. The fourth-order valence-corrected chi connectivity index (χ4v) is 1.72. The highest BCUT2D eigenvalue weighted by atomic mass is 16.3. The summed E-state index contributed by atoms with van der Waals surface area (Å²) in [5.74, 6) is 0. The molecule has 0 aliphatic heterocycles. The van der Waals surface area contributed by atoms with Crippen molar-refractivity contribution in [2.45, 2.75) is 52.1 Å². The molecule has 0 fully saturated rings. The highest BCUT2D eigenvalue weighted by molar-refractivity contribution is 5.27. The number of benzene rings is 1. The molecule has 0 radical (unpaired) electrons. The van der Waals surface area contributed by atoms with Gasteiger partial charge in [-0.3, -0.25) is 4.90 Å². The maximum Gasteiger partial charge on any atom is 0.0610 e. The van der Waals surface area contributed by atoms with Crippen molar-refractivity contribution in [3.05, 3.63) is 35.4 Å². The molecule has 0 aliphatic carbocycles. The Kier molecular flexibility index (Phi) is 4.57. The zero-order valence-corrected chi connectivity index (χ0v) is 12.6. The zero-order valence-electron chi connectivity index (χ0n) is 12.6. The van der Waals surface area contributed by atoms with Gasteiger partial charge in [-0.05, 0) is 37.4 Å². The molecule has 0 unspecified atom stereocenters. The highest BCUT2D eigenvalue weighted by Gasteiger charge is 2.22. The minimum absolute atomic E-state index is 0.170. The quantitative estimate of drug-likeness (QED) is 0.886. The van der Waals surface area contributed by atoms with Crippen LogP contribution in [0.15, 0.2) is 24.3 Å². The molecule has 0 amide bonds. The lowest BCUT2D eigenvalue weighted by molar-refractivity contribution is 0.0734. The van der Waals surface area contributed by atoms with E-state index in [9.17, 15) is 5.11 Å². The summed E-state index contributed by atoms with van der Waals surface area (Å²) in [4.78, 5) is 2.18. The second-order valence-corrected chi connectivity index (χ2v) is 6.77. The smallest absolute Gasteiger partial charge is 0.0610 e. The number of aliphatic hydroxyl groups is 1. The van der Waals surface area contributed by atoms with Gasteiger partial charge in [0.05, 0.1) is 6.61 Å². The van der Waals surface area contributed by atoms with E-state index in [1.54, 1.807) is 0 Å². The summed E-state index contributed by atoms with van der Waals surface area (Å²) in [7, 11) is 2.05. The molecule has 0 bridgehead atoms. The van der Waals surface area contributed by atoms with Crippen molar-refractivity contribution in [2.24, 2.45) is 0 Å². The molecule has 102 valence electrons. The first kappa shape index (κ1) is 15.2. The molecule has 0 saturated carbocycles. The van der Waals surface area contributed by atoms with Crippen molar-refractivity contribution < 1.29 is 5.11 Å². The van der Waals surface area contributed by atoms with Crippen LogP contribution in [0.4, 0.5) is 0 Å². The van der Waals surface area contributed by atoms with Gasteiger partial charge in [0.1, 0.15) is 0 Å². The second kappa shape index (κ2) is 5.41. The Labute approximate surface area is 112 Å². The van der Waals surface area contributed by atoms with Crippen molar-refractivity contribution in [1.29, 1.82) is 0 Å². The minimum Gasteiger partial charge on any atom is -0.394 e. The summed E-state index contributed by atoms with van der Waals surface area (Å²) in [5, 5.41) is 9.35. The normalized spacial score (nSPS) is 13.1. The Morgan fingerprint density at radius 1 is 1.00 bits per heavy atom. The Morgan fingerprint density at radius 2 is 1.50 bits per heavy atom. The van der Waals surface area contributed by atoms with Crippen LogP contribution in [0.25, 0.3) is 0 Å². The van der Waals surface area contributed by atoms with Crippen LogP contribution in [0, 0.1) is 0 Å². The van der Waals surface area contributed by atoms with Gasteiger partial charge >= 0.3 is 0 Å². The van der Waals surface area contributed by atoms with Crippen molar-refractivity contribution in [2.75, 3.05) is 13.7 Å². The highest BCUT2D eigenvalue weighted by Crippen LogP contribution is 2.23. The van der Waals surface area contributed by atoms with E-state index in [4.69, 9.17) is 0 Å². The molecule has 0 heterocycles. The van der Waals surface area contributed by atoms with Crippen LogP contribution in [0.2, 0.25) is 0 Å². The molecule has 0 aromatic heterocycles. The van der Waals surface area contributed by atoms with Crippen LogP contribution in [0.3, 0.4) is 0 Å². The van der Waals surface area contributed by atoms with E-state index < -0.39 is 0 Å². The van der Waals surface area contributed by atoms with Crippen molar-refractivity contribution >= 4 is 0 Å². The van der Waals surface area contributed by atoms with Gasteiger partial charge in [-0.15, -0.1) is 0 Å². The first-order chi connectivity index (χ1) is 8.16. The van der Waals surface area contributed by atoms with Crippen LogP contribution in [0.5, 0.6) is 0 Å². The van der Waals surface area contributed by atoms with Gasteiger partial charge in [0, 0.05) is 12.1 Å². The number of nitrogens with zero attached hydrogens (tertiary/aromatic N) is 1. The molecule has 2 heteroatoms. The lowest BCUT2D eigenvalue weighted by Crippen LogP contribution is -2.43. The van der Waals surface area contributed by atoms with E-state index in [2.05, 4.69) is 63.8 Å². The molecule has 0 spiro atoms. The lowest BCUT2D eigenvalue weighted by atomic mass is 9.86. The first-order valence-corrected chi connectivity index (χ1v) is 6.58. The molecule has 1 aromatic carbocycles. The van der Waals surface area contributed by atoms with E-state index >= 15 is 0 Å². The topological polar surface area (TPSA) is 23.5 Å². The summed E-state index contributed by atoms with van der Waals surface area (Å²) >= 11 is 0. The monoisotopic (exact) mass is 249 g/mol. The maximum absolute atomic E-state index is 9.35. The summed E-state index contributed by atoms with van der Waals surface area (Å²) in [5.41, 5.74) is 2.67. The summed E-state index contributed by atoms with van der Waals surface area (Å²) < 4.78 is 0. The number of rotatable bonds is 4. The van der Waals surface area contributed by atoms with Crippen LogP contribution < -0.4 is 0 Å².